The quantitative estimate of drug-likeness (QED) is 0.567. The van der Waals surface area contributed by atoms with Gasteiger partial charge in [0.05, 0.1) is 11.4 Å². The molecule has 0 heterocycles. The highest BCUT2D eigenvalue weighted by Gasteiger charge is 2.16. The maximum atomic E-state index is 12.0. The summed E-state index contributed by atoms with van der Waals surface area (Å²) in [4.78, 5) is 23.9. The Labute approximate surface area is 137 Å². The molecule has 0 aliphatic heterocycles. The molecule has 0 fully saturated rings. The molecule has 2 aromatic carbocycles. The Morgan fingerprint density at radius 3 is 2.14 bits per heavy atom. The number of rotatable bonds is 2. The van der Waals surface area contributed by atoms with Crippen molar-refractivity contribution in [3.8, 4) is 0 Å². The Bertz CT molecular complexity index is 681. The highest BCUT2D eigenvalue weighted by Crippen LogP contribution is 2.21. The maximum absolute atomic E-state index is 12.0. The zero-order valence-corrected chi connectivity index (χ0v) is 13.8. The van der Waals surface area contributed by atoms with Crippen LogP contribution < -0.4 is 16.4 Å². The largest absolute Gasteiger partial charge is 0.397 e. The number of amides is 2. The Morgan fingerprint density at radius 1 is 0.955 bits per heavy atom. The lowest BCUT2D eigenvalue weighted by molar-refractivity contribution is -0.132. The number of aryl methyl sites for hydroxylation is 2. The fourth-order valence-corrected chi connectivity index (χ4v) is 2.40. The third-order valence-corrected chi connectivity index (χ3v) is 3.59. The minimum Gasteiger partial charge on any atom is -0.397 e. The number of benzene rings is 2. The van der Waals surface area contributed by atoms with Crippen LogP contribution >= 0.6 is 15.9 Å². The first-order valence-electron chi connectivity index (χ1n) is 6.61. The van der Waals surface area contributed by atoms with Crippen molar-refractivity contribution >= 4 is 44.8 Å². The average Bonchev–Trinajstić information content (AvgIpc) is 2.44. The topological polar surface area (TPSA) is 84.2 Å². The van der Waals surface area contributed by atoms with Gasteiger partial charge < -0.3 is 16.4 Å². The van der Waals surface area contributed by atoms with Crippen molar-refractivity contribution in [3.63, 3.8) is 0 Å². The molecule has 0 spiro atoms. The Hall–Kier alpha value is -2.34. The normalized spacial score (nSPS) is 10.1. The number of nitrogens with one attached hydrogen (secondary N) is 2. The van der Waals surface area contributed by atoms with Gasteiger partial charge in [0.1, 0.15) is 0 Å². The van der Waals surface area contributed by atoms with Crippen LogP contribution in [0.2, 0.25) is 0 Å². The van der Waals surface area contributed by atoms with E-state index in [0.29, 0.717) is 17.1 Å². The van der Waals surface area contributed by atoms with Gasteiger partial charge in [0.2, 0.25) is 0 Å². The molecule has 0 saturated carbocycles. The molecule has 22 heavy (non-hydrogen) atoms. The summed E-state index contributed by atoms with van der Waals surface area (Å²) in [5, 5.41) is 5.08. The monoisotopic (exact) mass is 361 g/mol. The van der Waals surface area contributed by atoms with E-state index in [9.17, 15) is 9.59 Å². The molecule has 4 N–H and O–H groups in total. The maximum Gasteiger partial charge on any atom is 0.314 e. The summed E-state index contributed by atoms with van der Waals surface area (Å²) in [5.74, 6) is -1.51. The Morgan fingerprint density at radius 2 is 1.55 bits per heavy atom. The summed E-state index contributed by atoms with van der Waals surface area (Å²) in [6.07, 6.45) is 0. The molecule has 2 aromatic rings. The van der Waals surface area contributed by atoms with Crippen LogP contribution in [0.25, 0.3) is 0 Å². The molecular weight excluding hydrogens is 346 g/mol. The summed E-state index contributed by atoms with van der Waals surface area (Å²) in [5.41, 5.74) is 9.06. The molecule has 0 saturated heterocycles. The van der Waals surface area contributed by atoms with E-state index in [1.54, 1.807) is 24.3 Å². The van der Waals surface area contributed by atoms with E-state index in [2.05, 4.69) is 26.6 Å². The standard InChI is InChI=1S/C16H16BrN3O2/c1-9-3-5-14(12(18)7-9)20-16(22)15(21)19-13-6-4-11(17)8-10(13)2/h3-8H,18H2,1-2H3,(H,19,21)(H,20,22). The molecular formula is C16H16BrN3O2. The molecule has 0 aliphatic carbocycles. The van der Waals surface area contributed by atoms with Gasteiger partial charge in [0.15, 0.2) is 0 Å². The lowest BCUT2D eigenvalue weighted by Gasteiger charge is -2.10. The zero-order valence-electron chi connectivity index (χ0n) is 12.2. The van der Waals surface area contributed by atoms with Gasteiger partial charge in [-0.15, -0.1) is 0 Å². The zero-order chi connectivity index (χ0) is 16.3. The first-order valence-corrected chi connectivity index (χ1v) is 7.40. The third kappa shape index (κ3) is 3.85. The molecule has 2 rings (SSSR count). The van der Waals surface area contributed by atoms with E-state index in [1.165, 1.54) is 0 Å². The lowest BCUT2D eigenvalue weighted by Crippen LogP contribution is -2.29. The van der Waals surface area contributed by atoms with Crippen LogP contribution in [0.3, 0.4) is 0 Å². The second kappa shape index (κ2) is 6.62. The number of nitrogens with two attached hydrogens (primary N) is 1. The van der Waals surface area contributed by atoms with Crippen LogP contribution in [0.1, 0.15) is 11.1 Å². The minimum absolute atomic E-state index is 0.415. The van der Waals surface area contributed by atoms with Gasteiger partial charge in [0.25, 0.3) is 0 Å². The molecule has 0 bridgehead atoms. The number of hydrogen-bond donors (Lipinski definition) is 3. The number of anilines is 3. The van der Waals surface area contributed by atoms with Gasteiger partial charge in [0, 0.05) is 10.2 Å². The molecule has 5 nitrogen and oxygen atoms in total. The first-order chi connectivity index (χ1) is 10.4. The predicted molar refractivity (Wildman–Crippen MR) is 91.7 cm³/mol. The second-order valence-electron chi connectivity index (χ2n) is 4.96. The molecule has 0 radical (unpaired) electrons. The second-order valence-corrected chi connectivity index (χ2v) is 5.87. The highest BCUT2D eigenvalue weighted by molar-refractivity contribution is 9.10. The summed E-state index contributed by atoms with van der Waals surface area (Å²) >= 11 is 3.34. The van der Waals surface area contributed by atoms with Crippen molar-refractivity contribution in [3.05, 3.63) is 52.0 Å². The van der Waals surface area contributed by atoms with Crippen LogP contribution in [0, 0.1) is 13.8 Å². The van der Waals surface area contributed by atoms with E-state index in [0.717, 1.165) is 15.6 Å². The van der Waals surface area contributed by atoms with Crippen LogP contribution in [0.5, 0.6) is 0 Å². The summed E-state index contributed by atoms with van der Waals surface area (Å²) in [6, 6.07) is 10.6. The number of halogens is 1. The number of carbonyl (C=O) groups excluding carboxylic acids is 2. The third-order valence-electron chi connectivity index (χ3n) is 3.10. The minimum atomic E-state index is -0.766. The van der Waals surface area contributed by atoms with Crippen LogP contribution in [-0.2, 0) is 9.59 Å². The molecule has 0 aliphatic rings. The van der Waals surface area contributed by atoms with Crippen molar-refractivity contribution < 1.29 is 9.59 Å². The molecule has 0 atom stereocenters. The smallest absolute Gasteiger partial charge is 0.314 e. The predicted octanol–water partition coefficient (Wildman–Crippen LogP) is 3.23. The van der Waals surface area contributed by atoms with Crippen molar-refractivity contribution in [2.75, 3.05) is 16.4 Å². The van der Waals surface area contributed by atoms with Gasteiger partial charge >= 0.3 is 11.8 Å². The van der Waals surface area contributed by atoms with E-state index < -0.39 is 11.8 Å². The molecule has 0 unspecified atom stereocenters. The average molecular weight is 362 g/mol. The van der Waals surface area contributed by atoms with Crippen LogP contribution in [0.4, 0.5) is 17.1 Å². The highest BCUT2D eigenvalue weighted by atomic mass is 79.9. The van der Waals surface area contributed by atoms with E-state index in [1.807, 2.05) is 26.0 Å². The molecule has 0 aromatic heterocycles. The number of nitrogen functional groups attached to an aromatic ring is 1. The van der Waals surface area contributed by atoms with Gasteiger partial charge in [-0.2, -0.15) is 0 Å². The molecule has 114 valence electrons. The van der Waals surface area contributed by atoms with Crippen molar-refractivity contribution in [1.29, 1.82) is 0 Å². The Balaban J connectivity index is 2.07. The van der Waals surface area contributed by atoms with Gasteiger partial charge in [-0.05, 0) is 55.3 Å². The van der Waals surface area contributed by atoms with Crippen molar-refractivity contribution in [2.24, 2.45) is 0 Å². The van der Waals surface area contributed by atoms with Gasteiger partial charge in [-0.1, -0.05) is 22.0 Å². The van der Waals surface area contributed by atoms with Crippen molar-refractivity contribution in [2.45, 2.75) is 13.8 Å². The number of carbonyl (C=O) groups is 2. The number of hydrogen-bond acceptors (Lipinski definition) is 3. The Kier molecular flexibility index (Phi) is 4.82. The summed E-state index contributed by atoms with van der Waals surface area (Å²) < 4.78 is 0.903. The summed E-state index contributed by atoms with van der Waals surface area (Å²) in [6.45, 7) is 3.74. The van der Waals surface area contributed by atoms with E-state index >= 15 is 0 Å². The first kappa shape index (κ1) is 16.0. The molecule has 6 heteroatoms. The van der Waals surface area contributed by atoms with E-state index in [-0.39, 0.29) is 0 Å². The van der Waals surface area contributed by atoms with E-state index in [4.69, 9.17) is 5.73 Å². The van der Waals surface area contributed by atoms with Gasteiger partial charge in [-0.3, -0.25) is 9.59 Å². The van der Waals surface area contributed by atoms with Crippen molar-refractivity contribution in [1.82, 2.24) is 0 Å². The van der Waals surface area contributed by atoms with Crippen LogP contribution in [0.15, 0.2) is 40.9 Å². The van der Waals surface area contributed by atoms with Gasteiger partial charge in [-0.25, -0.2) is 0 Å². The van der Waals surface area contributed by atoms with Crippen LogP contribution in [-0.4, -0.2) is 11.8 Å². The molecule has 2 amide bonds. The fourth-order valence-electron chi connectivity index (χ4n) is 1.92. The SMILES string of the molecule is Cc1ccc(NC(=O)C(=O)Nc2ccc(Br)cc2C)c(N)c1. The lowest BCUT2D eigenvalue weighted by atomic mass is 10.2. The summed E-state index contributed by atoms with van der Waals surface area (Å²) in [7, 11) is 0. The fraction of sp³-hybridized carbons (Fsp3) is 0.125.